The molecule has 0 saturated carbocycles. The Morgan fingerprint density at radius 3 is 2.17 bits per heavy atom. The van der Waals surface area contributed by atoms with Gasteiger partial charge in [-0.25, -0.2) is 0 Å². The van der Waals surface area contributed by atoms with E-state index in [0.29, 0.717) is 0 Å². The van der Waals surface area contributed by atoms with Crippen LogP contribution in [0.4, 0.5) is 13.2 Å². The van der Waals surface area contributed by atoms with Crippen molar-refractivity contribution in [2.75, 3.05) is 0 Å². The van der Waals surface area contributed by atoms with E-state index in [1.165, 1.54) is 7.05 Å². The van der Waals surface area contributed by atoms with E-state index in [1.807, 2.05) is 5.10 Å². The van der Waals surface area contributed by atoms with Crippen molar-refractivity contribution in [3.8, 4) is 0 Å². The molecule has 0 unspecified atom stereocenters. The first-order valence-electron chi connectivity index (χ1n) is 2.85. The van der Waals surface area contributed by atoms with Crippen molar-refractivity contribution in [2.45, 2.75) is 6.18 Å². The lowest BCUT2D eigenvalue weighted by atomic mass is 10.3. The van der Waals surface area contributed by atoms with Gasteiger partial charge in [0.15, 0.2) is 5.56 Å². The summed E-state index contributed by atoms with van der Waals surface area (Å²) in [6.45, 7) is 0. The summed E-state index contributed by atoms with van der Waals surface area (Å²) in [6, 6.07) is 0. The number of nitrogens with zero attached hydrogens (tertiary/aromatic N) is 1. The smallest absolute Gasteiger partial charge is 0.276 e. The predicted molar refractivity (Wildman–Crippen MR) is 36.0 cm³/mol. The average Bonchev–Trinajstić information content (AvgIpc) is 2.05. The molecule has 12 heavy (non-hydrogen) atoms. The zero-order chi connectivity index (χ0) is 9.52. The monoisotopic (exact) mass is 200 g/mol. The molecule has 0 aliphatic heterocycles. The minimum absolute atomic E-state index is 0.632. The number of H-pyrrole nitrogens is 1. The fraction of sp³-hybridized carbons (Fsp3) is 0.400. The molecule has 0 spiro atoms. The zero-order valence-corrected chi connectivity index (χ0v) is 6.62. The highest BCUT2D eigenvalue weighted by molar-refractivity contribution is 6.30. The van der Waals surface area contributed by atoms with E-state index in [0.717, 1.165) is 4.68 Å². The van der Waals surface area contributed by atoms with E-state index in [1.54, 1.807) is 0 Å². The number of aromatic nitrogens is 2. The molecule has 1 N–H and O–H groups in total. The van der Waals surface area contributed by atoms with Crippen LogP contribution in [0.5, 0.6) is 0 Å². The number of aromatic amines is 1. The van der Waals surface area contributed by atoms with E-state index >= 15 is 0 Å². The first-order valence-corrected chi connectivity index (χ1v) is 3.23. The Labute approximate surface area is 69.7 Å². The second-order valence-corrected chi connectivity index (χ2v) is 2.52. The lowest BCUT2D eigenvalue weighted by Gasteiger charge is -2.01. The summed E-state index contributed by atoms with van der Waals surface area (Å²) in [4.78, 5) is 10.6. The number of nitrogens with one attached hydrogen (secondary N) is 1. The summed E-state index contributed by atoms with van der Waals surface area (Å²) in [5.74, 6) is 0. The molecule has 0 aliphatic rings. The molecule has 0 atom stereocenters. The van der Waals surface area contributed by atoms with E-state index in [9.17, 15) is 18.0 Å². The largest absolute Gasteiger partial charge is 0.424 e. The maximum Gasteiger partial charge on any atom is 0.424 e. The third kappa shape index (κ3) is 1.34. The number of hydrogen-bond acceptors (Lipinski definition) is 1. The minimum atomic E-state index is -4.70. The van der Waals surface area contributed by atoms with Crippen molar-refractivity contribution in [3.05, 3.63) is 21.1 Å². The van der Waals surface area contributed by atoms with E-state index in [2.05, 4.69) is 0 Å². The van der Waals surface area contributed by atoms with Crippen molar-refractivity contribution in [1.82, 2.24) is 9.78 Å². The molecule has 0 saturated heterocycles. The fourth-order valence-corrected chi connectivity index (χ4v) is 1.000. The van der Waals surface area contributed by atoms with Crippen molar-refractivity contribution in [1.29, 1.82) is 0 Å². The second kappa shape index (κ2) is 2.55. The number of rotatable bonds is 0. The quantitative estimate of drug-likeness (QED) is 0.675. The molecule has 0 bridgehead atoms. The van der Waals surface area contributed by atoms with Crippen LogP contribution in [0.15, 0.2) is 4.79 Å². The fourth-order valence-electron chi connectivity index (χ4n) is 0.764. The molecular weight excluding hydrogens is 197 g/mol. The molecule has 0 amide bonds. The van der Waals surface area contributed by atoms with Gasteiger partial charge in [0.1, 0.15) is 5.15 Å². The molecule has 1 aromatic rings. The van der Waals surface area contributed by atoms with Gasteiger partial charge >= 0.3 is 6.18 Å². The van der Waals surface area contributed by atoms with Gasteiger partial charge in [0.25, 0.3) is 5.56 Å². The Bertz CT molecular complexity index is 351. The number of alkyl halides is 3. The maximum absolute atomic E-state index is 12.0. The average molecular weight is 201 g/mol. The van der Waals surface area contributed by atoms with Gasteiger partial charge in [0, 0.05) is 7.05 Å². The van der Waals surface area contributed by atoms with Crippen LogP contribution in [0, 0.1) is 0 Å². The topological polar surface area (TPSA) is 37.8 Å². The van der Waals surface area contributed by atoms with Crippen molar-refractivity contribution >= 4 is 11.6 Å². The molecular formula is C5H4ClF3N2O. The Balaban J connectivity index is 3.43. The Morgan fingerprint density at radius 2 is 2.00 bits per heavy atom. The minimum Gasteiger partial charge on any atom is -0.276 e. The summed E-state index contributed by atoms with van der Waals surface area (Å²) in [7, 11) is 1.22. The second-order valence-electron chi connectivity index (χ2n) is 2.16. The van der Waals surface area contributed by atoms with Gasteiger partial charge in [-0.1, -0.05) is 11.6 Å². The Hall–Kier alpha value is -0.910. The lowest BCUT2D eigenvalue weighted by Crippen LogP contribution is -2.16. The van der Waals surface area contributed by atoms with Crippen LogP contribution < -0.4 is 5.56 Å². The highest BCUT2D eigenvalue weighted by Crippen LogP contribution is 2.31. The summed E-state index contributed by atoms with van der Waals surface area (Å²) in [6.07, 6.45) is -4.70. The predicted octanol–water partition coefficient (Wildman–Crippen LogP) is 1.39. The van der Waals surface area contributed by atoms with Crippen molar-refractivity contribution in [2.24, 2.45) is 7.05 Å². The first-order chi connectivity index (χ1) is 5.34. The molecule has 3 nitrogen and oxygen atoms in total. The first kappa shape index (κ1) is 9.18. The van der Waals surface area contributed by atoms with Gasteiger partial charge in [-0.05, 0) is 0 Å². The van der Waals surface area contributed by atoms with Crippen molar-refractivity contribution < 1.29 is 13.2 Å². The molecule has 1 rings (SSSR count). The van der Waals surface area contributed by atoms with Gasteiger partial charge in [-0.2, -0.15) is 13.2 Å². The Kier molecular flexibility index (Phi) is 1.95. The van der Waals surface area contributed by atoms with Crippen molar-refractivity contribution in [3.63, 3.8) is 0 Å². The van der Waals surface area contributed by atoms with Crippen LogP contribution in [-0.4, -0.2) is 9.78 Å². The van der Waals surface area contributed by atoms with E-state index < -0.39 is 22.5 Å². The van der Waals surface area contributed by atoms with Crippen LogP contribution in [0.25, 0.3) is 0 Å². The maximum atomic E-state index is 12.0. The highest BCUT2D eigenvalue weighted by Gasteiger charge is 2.38. The van der Waals surface area contributed by atoms with Gasteiger partial charge in [0.05, 0.1) is 0 Å². The summed E-state index contributed by atoms with van der Waals surface area (Å²) >= 11 is 5.21. The van der Waals surface area contributed by atoms with E-state index in [4.69, 9.17) is 11.6 Å². The molecule has 68 valence electrons. The van der Waals surface area contributed by atoms with Gasteiger partial charge in [0.2, 0.25) is 0 Å². The van der Waals surface area contributed by atoms with Crippen LogP contribution in [-0.2, 0) is 13.2 Å². The van der Waals surface area contributed by atoms with Crippen LogP contribution in [0.2, 0.25) is 5.15 Å². The third-order valence-electron chi connectivity index (χ3n) is 1.28. The normalized spacial score (nSPS) is 12.1. The molecule has 0 radical (unpaired) electrons. The summed E-state index contributed by atoms with van der Waals surface area (Å²) < 4.78 is 36.8. The van der Waals surface area contributed by atoms with E-state index in [-0.39, 0.29) is 0 Å². The number of aryl methyl sites for hydroxylation is 1. The Morgan fingerprint density at radius 1 is 1.50 bits per heavy atom. The lowest BCUT2D eigenvalue weighted by molar-refractivity contribution is -0.138. The number of halogens is 4. The molecule has 0 aliphatic carbocycles. The van der Waals surface area contributed by atoms with Crippen LogP contribution in [0.3, 0.4) is 0 Å². The SMILES string of the molecule is Cn1[nH]c(=O)c(C(F)(F)F)c1Cl. The highest BCUT2D eigenvalue weighted by atomic mass is 35.5. The molecule has 0 aromatic carbocycles. The van der Waals surface area contributed by atoms with Gasteiger partial charge < -0.3 is 0 Å². The molecule has 7 heteroatoms. The molecule has 1 heterocycles. The third-order valence-corrected chi connectivity index (χ3v) is 1.72. The molecule has 1 aromatic heterocycles. The van der Waals surface area contributed by atoms with Crippen LogP contribution in [0.1, 0.15) is 5.56 Å². The van der Waals surface area contributed by atoms with Gasteiger partial charge in [-0.3, -0.25) is 14.6 Å². The summed E-state index contributed by atoms with van der Waals surface area (Å²) in [5, 5.41) is 1.26. The standard InChI is InChI=1S/C5H4ClF3N2O/c1-11-3(6)2(4(12)10-11)5(7,8)9/h1H3,(H,10,12). The van der Waals surface area contributed by atoms with Crippen LogP contribution >= 0.6 is 11.6 Å². The zero-order valence-electron chi connectivity index (χ0n) is 5.87. The van der Waals surface area contributed by atoms with Gasteiger partial charge in [-0.15, -0.1) is 0 Å². The summed E-state index contributed by atoms with van der Waals surface area (Å²) in [5.41, 5.74) is -2.58. The molecule has 0 fully saturated rings. The number of hydrogen-bond donors (Lipinski definition) is 1.